The Kier molecular flexibility index (Phi) is 12.7. The van der Waals surface area contributed by atoms with Gasteiger partial charge >= 0.3 is 5.97 Å². The highest BCUT2D eigenvalue weighted by Gasteiger charge is 2.42. The van der Waals surface area contributed by atoms with Crippen LogP contribution in [0.3, 0.4) is 0 Å². The number of aliphatic hydroxyl groups excluding tert-OH is 1. The van der Waals surface area contributed by atoms with E-state index in [0.29, 0.717) is 5.75 Å². The van der Waals surface area contributed by atoms with E-state index < -0.39 is 12.1 Å². The number of carbonyl (C=O) groups is 1. The molecule has 1 aliphatic rings. The minimum atomic E-state index is -1.36. The summed E-state index contributed by atoms with van der Waals surface area (Å²) < 4.78 is 18.8. The molecule has 0 bridgehead atoms. The third-order valence-corrected chi connectivity index (χ3v) is 10.2. The first-order valence-corrected chi connectivity index (χ1v) is 17.4. The number of unbranched alkanes of at least 4 members (excludes halogenated alkanes) is 2. The van der Waals surface area contributed by atoms with Crippen LogP contribution in [0.4, 0.5) is 11.4 Å². The lowest BCUT2D eigenvalue weighted by molar-refractivity contribution is -0.151. The van der Waals surface area contributed by atoms with E-state index in [-0.39, 0.29) is 12.1 Å². The highest BCUT2D eigenvalue weighted by molar-refractivity contribution is 7.98. The van der Waals surface area contributed by atoms with Gasteiger partial charge in [0.05, 0.1) is 29.7 Å². The molecule has 0 aliphatic carbocycles. The van der Waals surface area contributed by atoms with Crippen molar-refractivity contribution in [2.24, 2.45) is 0 Å². The number of fused-ring (bicyclic) bond motifs is 1. The molecule has 3 aromatic rings. The number of carbonyl (C=O) groups excluding carboxylic acids is 1. The third kappa shape index (κ3) is 8.24. The monoisotopic (exact) mass is 638 g/mol. The Morgan fingerprint density at radius 1 is 1.02 bits per heavy atom. The molecule has 1 heterocycles. The predicted molar refractivity (Wildman–Crippen MR) is 181 cm³/mol. The van der Waals surface area contributed by atoms with E-state index >= 15 is 0 Å². The van der Waals surface area contributed by atoms with Crippen molar-refractivity contribution in [1.82, 2.24) is 4.31 Å². The molecule has 0 amide bonds. The maximum absolute atomic E-state index is 11.9. The number of anilines is 2. The molecule has 1 unspecified atom stereocenters. The van der Waals surface area contributed by atoms with Crippen molar-refractivity contribution < 1.29 is 24.1 Å². The maximum Gasteiger partial charge on any atom is 0.338 e. The van der Waals surface area contributed by atoms with Gasteiger partial charge in [0, 0.05) is 24.3 Å². The number of benzene rings is 3. The number of methoxy groups -OCH3 is 2. The number of ether oxygens (including phenoxy) is 3. The first-order chi connectivity index (χ1) is 21.4. The normalized spacial score (nSPS) is 15.3. The molecule has 7 nitrogen and oxygen atoms in total. The number of hydrogen-bond donors (Lipinski definition) is 1. The van der Waals surface area contributed by atoms with Crippen LogP contribution in [-0.2, 0) is 16.1 Å². The van der Waals surface area contributed by atoms with Crippen molar-refractivity contribution in [2.75, 3.05) is 38.5 Å². The summed E-state index contributed by atoms with van der Waals surface area (Å²) in [7, 11) is 2.96. The van der Waals surface area contributed by atoms with Crippen LogP contribution in [0.25, 0.3) is 0 Å². The van der Waals surface area contributed by atoms with Crippen molar-refractivity contribution in [3.8, 4) is 11.5 Å². The van der Waals surface area contributed by atoms with Gasteiger partial charge in [0.25, 0.3) is 0 Å². The standard InChI is InChI=1S/C35H46N2O5S2/c1-6-8-19-35(20-9-7-2)25-36(27-13-11-10-12-14-27)29-21-33(43-5)31(42-24-30(38)34(39)41-4)22-32(29)44-37(35)23-26-15-17-28(40-3)18-16-26/h10-18,21-22,30,38H,6-9,19-20,23-25H2,1-5H3. The van der Waals surface area contributed by atoms with Gasteiger partial charge in [-0.25, -0.2) is 9.10 Å². The van der Waals surface area contributed by atoms with E-state index in [1.165, 1.54) is 12.7 Å². The van der Waals surface area contributed by atoms with Crippen LogP contribution in [0.1, 0.15) is 57.9 Å². The Morgan fingerprint density at radius 2 is 1.70 bits per heavy atom. The van der Waals surface area contributed by atoms with E-state index in [0.717, 1.165) is 78.5 Å². The summed E-state index contributed by atoms with van der Waals surface area (Å²) in [5.74, 6) is 0.776. The largest absolute Gasteiger partial charge is 0.497 e. The van der Waals surface area contributed by atoms with Gasteiger partial charge in [-0.15, -0.1) is 11.8 Å². The molecule has 0 spiro atoms. The SMILES string of the molecule is CCCCC1(CCCC)CN(c2ccccc2)c2cc(SC)c(OCC(O)C(=O)OC)cc2SN1Cc1ccc(OC)cc1. The fourth-order valence-electron chi connectivity index (χ4n) is 5.61. The second-order valence-corrected chi connectivity index (χ2v) is 13.1. The molecule has 0 aromatic heterocycles. The quantitative estimate of drug-likeness (QED) is 0.101. The zero-order valence-electron chi connectivity index (χ0n) is 26.6. The fourth-order valence-corrected chi connectivity index (χ4v) is 7.47. The summed E-state index contributed by atoms with van der Waals surface area (Å²) in [5.41, 5.74) is 3.40. The Bertz CT molecular complexity index is 1330. The minimum absolute atomic E-state index is 0.104. The summed E-state index contributed by atoms with van der Waals surface area (Å²) >= 11 is 3.37. The highest BCUT2D eigenvalue weighted by Crippen LogP contribution is 2.50. The summed E-state index contributed by atoms with van der Waals surface area (Å²) in [6, 6.07) is 23.3. The molecular weight excluding hydrogens is 593 g/mol. The topological polar surface area (TPSA) is 71.5 Å². The van der Waals surface area contributed by atoms with Gasteiger partial charge in [-0.05, 0) is 73.0 Å². The van der Waals surface area contributed by atoms with Crippen LogP contribution in [-0.4, -0.2) is 60.7 Å². The van der Waals surface area contributed by atoms with Crippen LogP contribution in [0.15, 0.2) is 76.5 Å². The van der Waals surface area contributed by atoms with Gasteiger partial charge in [-0.2, -0.15) is 0 Å². The number of thioether (sulfide) groups is 1. The average Bonchev–Trinajstić information content (AvgIpc) is 3.19. The summed E-state index contributed by atoms with van der Waals surface area (Å²) in [4.78, 5) is 16.4. The molecule has 44 heavy (non-hydrogen) atoms. The summed E-state index contributed by atoms with van der Waals surface area (Å²) in [6.45, 7) is 5.98. The average molecular weight is 639 g/mol. The van der Waals surface area contributed by atoms with E-state index in [1.54, 1.807) is 30.8 Å². The highest BCUT2D eigenvalue weighted by atomic mass is 32.2. The second kappa shape index (κ2) is 16.5. The molecule has 9 heteroatoms. The maximum atomic E-state index is 11.9. The third-order valence-electron chi connectivity index (χ3n) is 8.14. The predicted octanol–water partition coefficient (Wildman–Crippen LogP) is 8.11. The lowest BCUT2D eigenvalue weighted by Gasteiger charge is -2.44. The molecule has 4 rings (SSSR count). The Hall–Kier alpha value is -2.85. The van der Waals surface area contributed by atoms with Gasteiger partial charge in [0.2, 0.25) is 0 Å². The van der Waals surface area contributed by atoms with Crippen molar-refractivity contribution >= 4 is 41.1 Å². The smallest absolute Gasteiger partial charge is 0.338 e. The lowest BCUT2D eigenvalue weighted by atomic mass is 9.85. The number of esters is 1. The van der Waals surface area contributed by atoms with Crippen molar-refractivity contribution in [3.63, 3.8) is 0 Å². The van der Waals surface area contributed by atoms with Crippen LogP contribution in [0.5, 0.6) is 11.5 Å². The fraction of sp³-hybridized carbons (Fsp3) is 0.457. The number of aliphatic hydroxyl groups is 1. The first kappa shape index (κ1) is 34.0. The molecule has 0 saturated carbocycles. The van der Waals surface area contributed by atoms with E-state index in [9.17, 15) is 9.90 Å². The minimum Gasteiger partial charge on any atom is -0.497 e. The molecule has 3 aromatic carbocycles. The Morgan fingerprint density at radius 3 is 2.30 bits per heavy atom. The van der Waals surface area contributed by atoms with Gasteiger partial charge in [-0.1, -0.05) is 69.9 Å². The summed E-state index contributed by atoms with van der Waals surface area (Å²) in [5, 5.41) is 10.3. The number of nitrogens with zero attached hydrogens (tertiary/aromatic N) is 2. The van der Waals surface area contributed by atoms with Gasteiger partial charge < -0.3 is 24.2 Å². The van der Waals surface area contributed by atoms with Gasteiger partial charge in [0.15, 0.2) is 6.10 Å². The second-order valence-electron chi connectivity index (χ2n) is 11.1. The Labute approximate surface area is 271 Å². The molecule has 0 fully saturated rings. The number of rotatable bonds is 15. The number of para-hydroxylation sites is 1. The molecule has 1 aliphatic heterocycles. The van der Waals surface area contributed by atoms with Crippen molar-refractivity contribution in [1.29, 1.82) is 0 Å². The first-order valence-electron chi connectivity index (χ1n) is 15.4. The molecule has 1 N–H and O–H groups in total. The molecular formula is C35H46N2O5S2. The van der Waals surface area contributed by atoms with Crippen LogP contribution < -0.4 is 14.4 Å². The molecule has 1 atom stereocenters. The van der Waals surface area contributed by atoms with Crippen LogP contribution >= 0.6 is 23.7 Å². The van der Waals surface area contributed by atoms with Crippen molar-refractivity contribution in [2.45, 2.75) is 80.4 Å². The number of hydrogen-bond acceptors (Lipinski definition) is 9. The van der Waals surface area contributed by atoms with Crippen LogP contribution in [0, 0.1) is 0 Å². The van der Waals surface area contributed by atoms with E-state index in [1.807, 2.05) is 18.4 Å². The van der Waals surface area contributed by atoms with Gasteiger partial charge in [0.1, 0.15) is 18.1 Å². The Balaban J connectivity index is 1.85. The van der Waals surface area contributed by atoms with E-state index in [4.69, 9.17) is 14.2 Å². The van der Waals surface area contributed by atoms with Crippen molar-refractivity contribution in [3.05, 3.63) is 72.3 Å². The zero-order valence-corrected chi connectivity index (χ0v) is 28.2. The van der Waals surface area contributed by atoms with Gasteiger partial charge in [-0.3, -0.25) is 0 Å². The van der Waals surface area contributed by atoms with Crippen LogP contribution in [0.2, 0.25) is 0 Å². The van der Waals surface area contributed by atoms with E-state index in [2.05, 4.69) is 77.6 Å². The zero-order chi connectivity index (χ0) is 31.5. The molecule has 0 radical (unpaired) electrons. The lowest BCUT2D eigenvalue weighted by Crippen LogP contribution is -2.51. The molecule has 0 saturated heterocycles. The summed E-state index contributed by atoms with van der Waals surface area (Å²) in [6.07, 6.45) is 7.35. The molecule has 238 valence electrons.